The molecule has 2 amide bonds. The standard InChI is InChI=1S/C22H21N3O2.C2H2O4/c1-24-10-8-14(9-11-24)19-13-23-20-7-6-15(12-18(19)20)25-21(26)16-4-2-3-5-17(16)22(25)27;3-1(4)2(5)6/h2-7,12-14,23H,8-11H2,1H3;(H,3,4)(H,5,6). The molecule has 0 bridgehead atoms. The number of hydrogen-bond acceptors (Lipinski definition) is 5. The summed E-state index contributed by atoms with van der Waals surface area (Å²) in [4.78, 5) is 50.8. The maximum Gasteiger partial charge on any atom is 0.414 e. The summed E-state index contributed by atoms with van der Waals surface area (Å²) in [6.07, 6.45) is 4.34. The number of aliphatic carboxylic acids is 2. The van der Waals surface area contributed by atoms with Crippen molar-refractivity contribution in [3.8, 4) is 0 Å². The Morgan fingerprint density at radius 1 is 0.939 bits per heavy atom. The van der Waals surface area contributed by atoms with Gasteiger partial charge in [0.2, 0.25) is 0 Å². The molecule has 2 aliphatic rings. The Kier molecular flexibility index (Phi) is 5.97. The third-order valence-electron chi connectivity index (χ3n) is 6.09. The number of piperidine rings is 1. The zero-order valence-electron chi connectivity index (χ0n) is 17.9. The molecule has 9 heteroatoms. The van der Waals surface area contributed by atoms with Gasteiger partial charge in [-0.05, 0) is 74.8 Å². The summed E-state index contributed by atoms with van der Waals surface area (Å²) in [5.41, 5.74) is 3.93. The lowest BCUT2D eigenvalue weighted by molar-refractivity contribution is -0.159. The number of H-pyrrole nitrogens is 1. The molecule has 3 aromatic rings. The van der Waals surface area contributed by atoms with E-state index in [1.54, 1.807) is 24.3 Å². The molecule has 0 atom stereocenters. The second-order valence-corrected chi connectivity index (χ2v) is 8.15. The minimum atomic E-state index is -1.82. The number of anilines is 1. The number of imide groups is 1. The Bertz CT molecular complexity index is 1210. The Hall–Kier alpha value is -3.98. The highest BCUT2D eigenvalue weighted by atomic mass is 16.4. The lowest BCUT2D eigenvalue weighted by Crippen LogP contribution is -2.29. The van der Waals surface area contributed by atoms with Crippen LogP contribution in [-0.4, -0.2) is 64.0 Å². The fourth-order valence-corrected chi connectivity index (χ4v) is 4.35. The average Bonchev–Trinajstić information content (AvgIpc) is 3.33. The first-order valence-electron chi connectivity index (χ1n) is 10.5. The summed E-state index contributed by atoms with van der Waals surface area (Å²) in [6, 6.07) is 12.8. The Balaban J connectivity index is 0.000000385. The van der Waals surface area contributed by atoms with Gasteiger partial charge in [0.1, 0.15) is 0 Å². The molecule has 33 heavy (non-hydrogen) atoms. The van der Waals surface area contributed by atoms with Crippen LogP contribution in [0.5, 0.6) is 0 Å². The maximum atomic E-state index is 12.8. The van der Waals surface area contributed by atoms with Crippen molar-refractivity contribution >= 4 is 40.3 Å². The highest BCUT2D eigenvalue weighted by Gasteiger charge is 2.36. The Morgan fingerprint density at radius 2 is 1.52 bits per heavy atom. The predicted octanol–water partition coefficient (Wildman–Crippen LogP) is 2.93. The molecule has 1 saturated heterocycles. The van der Waals surface area contributed by atoms with Gasteiger partial charge in [0, 0.05) is 17.1 Å². The smallest absolute Gasteiger partial charge is 0.414 e. The third kappa shape index (κ3) is 4.22. The number of benzene rings is 2. The first-order chi connectivity index (χ1) is 15.8. The molecule has 0 unspecified atom stereocenters. The number of hydrogen-bond donors (Lipinski definition) is 3. The lowest BCUT2D eigenvalue weighted by atomic mass is 9.89. The Labute approximate surface area is 189 Å². The van der Waals surface area contributed by atoms with Crippen LogP contribution >= 0.6 is 0 Å². The summed E-state index contributed by atoms with van der Waals surface area (Å²) in [5.74, 6) is -3.63. The van der Waals surface area contributed by atoms with E-state index in [4.69, 9.17) is 19.8 Å². The van der Waals surface area contributed by atoms with Gasteiger partial charge in [-0.15, -0.1) is 0 Å². The number of rotatable bonds is 2. The van der Waals surface area contributed by atoms with Crippen LogP contribution in [0.2, 0.25) is 0 Å². The second-order valence-electron chi connectivity index (χ2n) is 8.15. The van der Waals surface area contributed by atoms with Gasteiger partial charge < -0.3 is 20.1 Å². The van der Waals surface area contributed by atoms with E-state index in [1.807, 2.05) is 18.2 Å². The van der Waals surface area contributed by atoms with Crippen molar-refractivity contribution in [3.05, 3.63) is 65.4 Å². The van der Waals surface area contributed by atoms with E-state index in [0.29, 0.717) is 22.7 Å². The van der Waals surface area contributed by atoms with E-state index in [9.17, 15) is 9.59 Å². The molecule has 5 rings (SSSR count). The molecule has 0 spiro atoms. The molecule has 1 fully saturated rings. The largest absolute Gasteiger partial charge is 0.473 e. The van der Waals surface area contributed by atoms with Crippen LogP contribution in [-0.2, 0) is 9.59 Å². The van der Waals surface area contributed by atoms with Gasteiger partial charge in [-0.3, -0.25) is 9.59 Å². The van der Waals surface area contributed by atoms with E-state index in [-0.39, 0.29) is 11.8 Å². The number of likely N-dealkylation sites (tertiary alicyclic amines) is 1. The molecular formula is C24H23N3O6. The quantitative estimate of drug-likeness (QED) is 0.405. The molecule has 9 nitrogen and oxygen atoms in total. The van der Waals surface area contributed by atoms with Gasteiger partial charge in [0.05, 0.1) is 16.8 Å². The molecule has 170 valence electrons. The number of fused-ring (bicyclic) bond motifs is 2. The maximum absolute atomic E-state index is 12.8. The molecule has 0 aliphatic carbocycles. The third-order valence-corrected chi connectivity index (χ3v) is 6.09. The number of nitrogens with one attached hydrogen (secondary N) is 1. The normalized spacial score (nSPS) is 16.5. The summed E-state index contributed by atoms with van der Waals surface area (Å²) < 4.78 is 0. The number of nitrogens with zero attached hydrogens (tertiary/aromatic N) is 2. The number of carboxylic acid groups (broad SMARTS) is 2. The van der Waals surface area contributed by atoms with Crippen LogP contribution in [0.15, 0.2) is 48.7 Å². The minimum absolute atomic E-state index is 0.244. The van der Waals surface area contributed by atoms with E-state index >= 15 is 0 Å². The van der Waals surface area contributed by atoms with Crippen molar-refractivity contribution < 1.29 is 29.4 Å². The number of carboxylic acids is 2. The van der Waals surface area contributed by atoms with Gasteiger partial charge in [-0.25, -0.2) is 14.5 Å². The van der Waals surface area contributed by atoms with Crippen molar-refractivity contribution in [3.63, 3.8) is 0 Å². The lowest BCUT2D eigenvalue weighted by Gasteiger charge is -2.28. The molecule has 2 aromatic carbocycles. The highest BCUT2D eigenvalue weighted by Crippen LogP contribution is 2.36. The first-order valence-corrected chi connectivity index (χ1v) is 10.5. The van der Waals surface area contributed by atoms with Crippen LogP contribution in [0.1, 0.15) is 45.0 Å². The molecular weight excluding hydrogens is 426 g/mol. The zero-order chi connectivity index (χ0) is 23.7. The van der Waals surface area contributed by atoms with E-state index in [2.05, 4.69) is 23.1 Å². The monoisotopic (exact) mass is 449 g/mol. The molecule has 2 aliphatic heterocycles. The average molecular weight is 449 g/mol. The summed E-state index contributed by atoms with van der Waals surface area (Å²) in [5, 5.41) is 15.9. The Morgan fingerprint density at radius 3 is 2.06 bits per heavy atom. The van der Waals surface area contributed by atoms with Gasteiger partial charge in [-0.2, -0.15) is 0 Å². The SMILES string of the molecule is CN1CCC(c2c[nH]c3ccc(N4C(=O)c5ccccc5C4=O)cc23)CC1.O=C(O)C(=O)O. The van der Waals surface area contributed by atoms with E-state index in [0.717, 1.165) is 36.8 Å². The predicted molar refractivity (Wildman–Crippen MR) is 121 cm³/mol. The number of carbonyl (C=O) groups is 4. The number of aromatic nitrogens is 1. The van der Waals surface area contributed by atoms with Crippen LogP contribution < -0.4 is 4.90 Å². The number of carbonyl (C=O) groups excluding carboxylic acids is 2. The zero-order valence-corrected chi connectivity index (χ0v) is 17.9. The van der Waals surface area contributed by atoms with Gasteiger partial charge in [-0.1, -0.05) is 12.1 Å². The first kappa shape index (κ1) is 22.2. The van der Waals surface area contributed by atoms with Crippen LogP contribution in [0.4, 0.5) is 5.69 Å². The summed E-state index contributed by atoms with van der Waals surface area (Å²) in [6.45, 7) is 2.19. The highest BCUT2D eigenvalue weighted by molar-refractivity contribution is 6.34. The summed E-state index contributed by atoms with van der Waals surface area (Å²) >= 11 is 0. The fourth-order valence-electron chi connectivity index (χ4n) is 4.35. The van der Waals surface area contributed by atoms with Crippen molar-refractivity contribution in [2.24, 2.45) is 0 Å². The molecule has 3 N–H and O–H groups in total. The fraction of sp³-hybridized carbons (Fsp3) is 0.250. The molecule has 3 heterocycles. The summed E-state index contributed by atoms with van der Waals surface area (Å²) in [7, 11) is 2.16. The topological polar surface area (TPSA) is 131 Å². The van der Waals surface area contributed by atoms with Gasteiger partial charge >= 0.3 is 11.9 Å². The van der Waals surface area contributed by atoms with E-state index < -0.39 is 11.9 Å². The van der Waals surface area contributed by atoms with Crippen molar-refractivity contribution in [2.75, 3.05) is 25.0 Å². The minimum Gasteiger partial charge on any atom is -0.473 e. The molecule has 1 aromatic heterocycles. The number of aromatic amines is 1. The van der Waals surface area contributed by atoms with Crippen LogP contribution in [0.3, 0.4) is 0 Å². The van der Waals surface area contributed by atoms with Crippen molar-refractivity contribution in [1.82, 2.24) is 9.88 Å². The van der Waals surface area contributed by atoms with Crippen LogP contribution in [0.25, 0.3) is 10.9 Å². The molecule has 0 saturated carbocycles. The molecule has 0 radical (unpaired) electrons. The van der Waals surface area contributed by atoms with Crippen molar-refractivity contribution in [1.29, 1.82) is 0 Å². The van der Waals surface area contributed by atoms with Gasteiger partial charge in [0.15, 0.2) is 0 Å². The van der Waals surface area contributed by atoms with E-state index in [1.165, 1.54) is 10.5 Å². The second kappa shape index (κ2) is 8.87. The number of amides is 2. The van der Waals surface area contributed by atoms with Gasteiger partial charge in [0.25, 0.3) is 11.8 Å². The van der Waals surface area contributed by atoms with Crippen LogP contribution in [0, 0.1) is 0 Å². The van der Waals surface area contributed by atoms with Crippen molar-refractivity contribution in [2.45, 2.75) is 18.8 Å².